The maximum absolute atomic E-state index is 13.5. The fourth-order valence-electron chi connectivity index (χ4n) is 5.51. The summed E-state index contributed by atoms with van der Waals surface area (Å²) in [6, 6.07) is 0. The van der Waals surface area contributed by atoms with Gasteiger partial charge in [-0.25, -0.2) is 0 Å². The Bertz CT molecular complexity index is 500. The average molecular weight is 487 g/mol. The highest BCUT2D eigenvalue weighted by Gasteiger charge is 2.50. The first-order chi connectivity index (χ1) is 13.1. The van der Waals surface area contributed by atoms with E-state index in [4.69, 9.17) is 5.41 Å². The van der Waals surface area contributed by atoms with E-state index in [1.165, 1.54) is 64.2 Å². The third kappa shape index (κ3) is 5.60. The molecule has 0 spiro atoms. The highest BCUT2D eigenvalue weighted by molar-refractivity contribution is 14.1. The lowest BCUT2D eigenvalue weighted by molar-refractivity contribution is -0.132. The second kappa shape index (κ2) is 10.4. The molecule has 3 fully saturated rings. The lowest BCUT2D eigenvalue weighted by atomic mass is 9.75. The molecule has 2 aliphatic carbocycles. The number of guanidine groups is 1. The zero-order valence-electron chi connectivity index (χ0n) is 16.9. The SMILES string of the molecule is N=C1N[C@](CCC2CCCCC2)(CC2CCCCC2)C(=O)N1CCCCI. The quantitative estimate of drug-likeness (QED) is 0.251. The van der Waals surface area contributed by atoms with Crippen molar-refractivity contribution in [3.05, 3.63) is 0 Å². The van der Waals surface area contributed by atoms with Crippen molar-refractivity contribution >= 4 is 34.5 Å². The molecule has 0 unspecified atom stereocenters. The van der Waals surface area contributed by atoms with Gasteiger partial charge in [-0.2, -0.15) is 0 Å². The van der Waals surface area contributed by atoms with Gasteiger partial charge in [0.1, 0.15) is 5.54 Å². The maximum atomic E-state index is 13.5. The van der Waals surface area contributed by atoms with E-state index in [9.17, 15) is 4.79 Å². The highest BCUT2D eigenvalue weighted by Crippen LogP contribution is 2.38. The fraction of sp³-hybridized carbons (Fsp3) is 0.909. The van der Waals surface area contributed by atoms with Gasteiger partial charge in [0, 0.05) is 6.54 Å². The Kier molecular flexibility index (Phi) is 8.27. The summed E-state index contributed by atoms with van der Waals surface area (Å²) in [5.74, 6) is 2.03. The molecule has 2 saturated carbocycles. The van der Waals surface area contributed by atoms with Gasteiger partial charge in [-0.15, -0.1) is 0 Å². The normalized spacial score (nSPS) is 28.0. The van der Waals surface area contributed by atoms with E-state index < -0.39 is 5.54 Å². The Morgan fingerprint density at radius 3 is 2.26 bits per heavy atom. The number of nitrogens with zero attached hydrogens (tertiary/aromatic N) is 1. The molecular weight excluding hydrogens is 449 g/mol. The maximum Gasteiger partial charge on any atom is 0.255 e. The number of hydrogen-bond donors (Lipinski definition) is 2. The molecule has 1 saturated heterocycles. The summed E-state index contributed by atoms with van der Waals surface area (Å²) >= 11 is 2.39. The Labute approximate surface area is 179 Å². The second-order valence-electron chi connectivity index (χ2n) is 9.16. The predicted molar refractivity (Wildman–Crippen MR) is 120 cm³/mol. The van der Waals surface area contributed by atoms with Crippen LogP contribution < -0.4 is 5.32 Å². The smallest absolute Gasteiger partial charge is 0.255 e. The van der Waals surface area contributed by atoms with E-state index >= 15 is 0 Å². The van der Waals surface area contributed by atoms with Crippen molar-refractivity contribution in [1.82, 2.24) is 10.2 Å². The number of amides is 1. The van der Waals surface area contributed by atoms with Crippen molar-refractivity contribution < 1.29 is 4.79 Å². The van der Waals surface area contributed by atoms with Gasteiger partial charge < -0.3 is 5.32 Å². The van der Waals surface area contributed by atoms with Crippen LogP contribution in [-0.4, -0.2) is 33.3 Å². The van der Waals surface area contributed by atoms with E-state index in [-0.39, 0.29) is 5.91 Å². The lowest BCUT2D eigenvalue weighted by Gasteiger charge is -2.34. The van der Waals surface area contributed by atoms with Crippen molar-refractivity contribution in [2.75, 3.05) is 11.0 Å². The van der Waals surface area contributed by atoms with Crippen LogP contribution in [0.25, 0.3) is 0 Å². The number of unbranched alkanes of at least 4 members (excludes halogenated alkanes) is 1. The predicted octanol–water partition coefficient (Wildman–Crippen LogP) is 5.64. The number of carbonyl (C=O) groups is 1. The van der Waals surface area contributed by atoms with Gasteiger partial charge in [0.25, 0.3) is 5.91 Å². The largest absolute Gasteiger partial charge is 0.342 e. The summed E-state index contributed by atoms with van der Waals surface area (Å²) in [7, 11) is 0. The summed E-state index contributed by atoms with van der Waals surface area (Å²) in [4.78, 5) is 15.3. The van der Waals surface area contributed by atoms with Gasteiger partial charge in [0.05, 0.1) is 0 Å². The molecule has 3 rings (SSSR count). The number of rotatable bonds is 9. The molecule has 1 aliphatic heterocycles. The standard InChI is InChI=1S/C22H38IN3O/c23-15-7-8-16-26-20(27)22(25-21(26)24,17-19-11-5-2-6-12-19)14-13-18-9-3-1-4-10-18/h18-19H,1-17H2,(H2,24,25)/t22-/m1/s1. The number of alkyl halides is 1. The van der Waals surface area contributed by atoms with Crippen molar-refractivity contribution in [1.29, 1.82) is 5.41 Å². The van der Waals surface area contributed by atoms with Crippen LogP contribution in [0.5, 0.6) is 0 Å². The van der Waals surface area contributed by atoms with E-state index in [1.54, 1.807) is 4.90 Å². The highest BCUT2D eigenvalue weighted by atomic mass is 127. The van der Waals surface area contributed by atoms with Crippen molar-refractivity contribution in [3.8, 4) is 0 Å². The zero-order valence-corrected chi connectivity index (χ0v) is 19.1. The summed E-state index contributed by atoms with van der Waals surface area (Å²) in [6.45, 7) is 0.712. The summed E-state index contributed by atoms with van der Waals surface area (Å²) < 4.78 is 1.12. The number of carbonyl (C=O) groups excluding carboxylic acids is 1. The third-order valence-electron chi connectivity index (χ3n) is 7.11. The van der Waals surface area contributed by atoms with Gasteiger partial charge in [-0.1, -0.05) is 86.8 Å². The minimum Gasteiger partial charge on any atom is -0.342 e. The van der Waals surface area contributed by atoms with Crippen molar-refractivity contribution in [2.45, 2.75) is 102 Å². The molecule has 0 aromatic heterocycles. The van der Waals surface area contributed by atoms with E-state index in [2.05, 4.69) is 27.9 Å². The molecule has 1 amide bonds. The van der Waals surface area contributed by atoms with Gasteiger partial charge in [0.15, 0.2) is 5.96 Å². The molecular formula is C22H38IN3O. The van der Waals surface area contributed by atoms with E-state index in [0.717, 1.165) is 42.4 Å². The molecule has 27 heavy (non-hydrogen) atoms. The monoisotopic (exact) mass is 487 g/mol. The minimum absolute atomic E-state index is 0.211. The van der Waals surface area contributed by atoms with Crippen LogP contribution in [0.1, 0.15) is 96.3 Å². The number of halogens is 1. The molecule has 4 nitrogen and oxygen atoms in total. The Balaban J connectivity index is 1.68. The van der Waals surface area contributed by atoms with E-state index in [0.29, 0.717) is 18.4 Å². The number of hydrogen-bond acceptors (Lipinski definition) is 2. The Morgan fingerprint density at radius 2 is 1.63 bits per heavy atom. The van der Waals surface area contributed by atoms with E-state index in [1.807, 2.05) is 0 Å². The van der Waals surface area contributed by atoms with Crippen LogP contribution in [0.4, 0.5) is 0 Å². The molecule has 0 aromatic rings. The van der Waals surface area contributed by atoms with Crippen molar-refractivity contribution in [3.63, 3.8) is 0 Å². The first-order valence-corrected chi connectivity index (χ1v) is 12.9. The van der Waals surface area contributed by atoms with Gasteiger partial charge in [-0.05, 0) is 48.4 Å². The lowest BCUT2D eigenvalue weighted by Crippen LogP contribution is -2.49. The van der Waals surface area contributed by atoms with Crippen LogP contribution in [0.2, 0.25) is 0 Å². The first-order valence-electron chi connectivity index (χ1n) is 11.4. The third-order valence-corrected chi connectivity index (χ3v) is 7.88. The van der Waals surface area contributed by atoms with Crippen LogP contribution >= 0.6 is 22.6 Å². The molecule has 0 aromatic carbocycles. The van der Waals surface area contributed by atoms with Crippen LogP contribution in [0.15, 0.2) is 0 Å². The number of nitrogens with one attached hydrogen (secondary N) is 2. The Hall–Kier alpha value is -0.330. The molecule has 1 atom stereocenters. The molecule has 5 heteroatoms. The fourth-order valence-corrected chi connectivity index (χ4v) is 6.04. The molecule has 3 aliphatic rings. The summed E-state index contributed by atoms with van der Waals surface area (Å²) in [5, 5.41) is 11.9. The Morgan fingerprint density at radius 1 is 1.00 bits per heavy atom. The zero-order chi connectivity index (χ0) is 19.1. The topological polar surface area (TPSA) is 56.2 Å². The molecule has 154 valence electrons. The van der Waals surface area contributed by atoms with Crippen molar-refractivity contribution in [2.24, 2.45) is 11.8 Å². The molecule has 1 heterocycles. The molecule has 0 radical (unpaired) electrons. The van der Waals surface area contributed by atoms with Gasteiger partial charge >= 0.3 is 0 Å². The van der Waals surface area contributed by atoms with Crippen LogP contribution in [-0.2, 0) is 4.79 Å². The summed E-state index contributed by atoms with van der Waals surface area (Å²) in [5.41, 5.74) is -0.485. The second-order valence-corrected chi connectivity index (χ2v) is 10.2. The first kappa shape index (κ1) is 21.4. The average Bonchev–Trinajstić information content (AvgIpc) is 2.92. The van der Waals surface area contributed by atoms with Crippen LogP contribution in [0.3, 0.4) is 0 Å². The minimum atomic E-state index is -0.485. The van der Waals surface area contributed by atoms with Crippen LogP contribution in [0, 0.1) is 17.2 Å². The summed E-state index contributed by atoms with van der Waals surface area (Å²) in [6.07, 6.45) is 18.4. The molecule has 0 bridgehead atoms. The van der Waals surface area contributed by atoms with Gasteiger partial charge in [0.2, 0.25) is 0 Å². The van der Waals surface area contributed by atoms with Gasteiger partial charge in [-0.3, -0.25) is 15.1 Å². The molecule has 2 N–H and O–H groups in total.